The molecule has 0 spiro atoms. The number of hydrogen-bond acceptors (Lipinski definition) is 0. The standard InChI is InChI=1S/C7H15.C2H3Cl2.Al.H/c1-3-5-7-6-4-2;1-2(3)4;;/h1,3-7H2,2H3;2H,1H2;;. The third-order valence-electron chi connectivity index (χ3n) is 2.03. The summed E-state index contributed by atoms with van der Waals surface area (Å²) in [6, 6.07) is 0. The molecule has 0 aromatic heterocycles. The maximum Gasteiger partial charge on any atom is 0.241 e. The van der Waals surface area contributed by atoms with Gasteiger partial charge >= 0.3 is 0 Å². The van der Waals surface area contributed by atoms with Crippen molar-refractivity contribution in [3.8, 4) is 0 Å². The van der Waals surface area contributed by atoms with Crippen LogP contribution in [0.3, 0.4) is 0 Å². The van der Waals surface area contributed by atoms with Crippen molar-refractivity contribution in [2.75, 3.05) is 0 Å². The third kappa shape index (κ3) is 11.1. The average Bonchev–Trinajstić information content (AvgIpc) is 2.02. The van der Waals surface area contributed by atoms with Crippen molar-refractivity contribution in [3.05, 3.63) is 0 Å². The van der Waals surface area contributed by atoms with Gasteiger partial charge in [0.05, 0.1) is 4.84 Å². The Kier molecular flexibility index (Phi) is 11.1. The Balaban J connectivity index is 2.82. The first-order valence-corrected chi connectivity index (χ1v) is 7.92. The summed E-state index contributed by atoms with van der Waals surface area (Å²) in [4.78, 5) is -0.0905. The third-order valence-corrected chi connectivity index (χ3v) is 5.18. The maximum absolute atomic E-state index is 5.64. The van der Waals surface area contributed by atoms with Gasteiger partial charge in [-0.2, -0.15) is 0 Å². The quantitative estimate of drug-likeness (QED) is 0.332. The Morgan fingerprint density at radius 2 is 1.75 bits per heavy atom. The van der Waals surface area contributed by atoms with E-state index < -0.39 is 0 Å². The molecule has 0 aromatic rings. The molecule has 72 valence electrons. The zero-order chi connectivity index (χ0) is 9.23. The van der Waals surface area contributed by atoms with E-state index in [4.69, 9.17) is 23.2 Å². The molecule has 0 N–H and O–H groups in total. The highest BCUT2D eigenvalue weighted by Crippen LogP contribution is 2.10. The molecule has 0 radical (unpaired) electrons. The molecule has 0 aliphatic rings. The van der Waals surface area contributed by atoms with Crippen molar-refractivity contribution in [1.29, 1.82) is 0 Å². The summed E-state index contributed by atoms with van der Waals surface area (Å²) in [5.41, 5.74) is 0. The molecule has 0 amide bonds. The molecule has 0 nitrogen and oxygen atoms in total. The summed E-state index contributed by atoms with van der Waals surface area (Å²) in [5, 5.41) is 2.52. The maximum atomic E-state index is 5.64. The smallest absolute Gasteiger partial charge is 0.107 e. The molecule has 0 rings (SSSR count). The van der Waals surface area contributed by atoms with Crippen LogP contribution in [0.1, 0.15) is 39.0 Å². The zero-order valence-corrected chi connectivity index (χ0v) is 10.9. The Bertz CT molecular complexity index is 86.6. The van der Waals surface area contributed by atoms with Crippen LogP contribution >= 0.6 is 23.2 Å². The molecule has 0 aliphatic heterocycles. The minimum atomic E-state index is -0.0905. The molecule has 0 fully saturated rings. The van der Waals surface area contributed by atoms with Crippen LogP contribution in [0.5, 0.6) is 0 Å². The normalized spacial score (nSPS) is 10.7. The number of hydrogen-bond donors (Lipinski definition) is 0. The van der Waals surface area contributed by atoms with E-state index in [0.29, 0.717) is 0 Å². The minimum Gasteiger partial charge on any atom is -0.107 e. The lowest BCUT2D eigenvalue weighted by molar-refractivity contribution is 0.655. The average molecular weight is 225 g/mol. The van der Waals surface area contributed by atoms with Gasteiger partial charge in [0.25, 0.3) is 0 Å². The summed E-state index contributed by atoms with van der Waals surface area (Å²) < 4.78 is 0. The molecule has 0 aromatic carbocycles. The first-order chi connectivity index (χ1) is 5.77. The van der Waals surface area contributed by atoms with Gasteiger partial charge in [-0.3, -0.25) is 0 Å². The van der Waals surface area contributed by atoms with Gasteiger partial charge in [0.15, 0.2) is 0 Å². The molecule has 0 saturated carbocycles. The summed E-state index contributed by atoms with van der Waals surface area (Å²) >= 11 is 11.3. The van der Waals surface area contributed by atoms with Gasteiger partial charge in [0.2, 0.25) is 15.2 Å². The number of unbranched alkanes of at least 4 members (excludes halogenated alkanes) is 4. The van der Waals surface area contributed by atoms with Gasteiger partial charge in [0, 0.05) is 0 Å². The van der Waals surface area contributed by atoms with Crippen molar-refractivity contribution in [2.45, 2.75) is 54.4 Å². The van der Waals surface area contributed by atoms with Crippen LogP contribution in [0.4, 0.5) is 0 Å². The van der Waals surface area contributed by atoms with Gasteiger partial charge < -0.3 is 0 Å². The van der Waals surface area contributed by atoms with E-state index in [-0.39, 0.29) is 20.1 Å². The SMILES string of the molecule is CCCCCC[CH2][AlH][CH2]C(Cl)Cl. The van der Waals surface area contributed by atoms with Crippen molar-refractivity contribution < 1.29 is 0 Å². The summed E-state index contributed by atoms with van der Waals surface area (Å²) in [6.45, 7) is 2.25. The number of alkyl halides is 2. The summed E-state index contributed by atoms with van der Waals surface area (Å²) in [6.07, 6.45) is 6.97. The topological polar surface area (TPSA) is 0 Å². The van der Waals surface area contributed by atoms with E-state index in [1.165, 1.54) is 37.4 Å². The van der Waals surface area contributed by atoms with Crippen molar-refractivity contribution in [1.82, 2.24) is 0 Å². The fourth-order valence-corrected chi connectivity index (χ4v) is 3.49. The molecular formula is C9H19AlCl2. The van der Waals surface area contributed by atoms with E-state index in [0.717, 1.165) is 5.28 Å². The first kappa shape index (κ1) is 13.1. The molecule has 0 saturated heterocycles. The molecule has 0 aliphatic carbocycles. The molecule has 0 unspecified atom stereocenters. The van der Waals surface area contributed by atoms with Gasteiger partial charge in [0.1, 0.15) is 0 Å². The molecule has 0 atom stereocenters. The van der Waals surface area contributed by atoms with Crippen molar-refractivity contribution in [3.63, 3.8) is 0 Å². The van der Waals surface area contributed by atoms with E-state index >= 15 is 0 Å². The monoisotopic (exact) mass is 224 g/mol. The fourth-order valence-electron chi connectivity index (χ4n) is 1.26. The predicted molar refractivity (Wildman–Crippen MR) is 61.0 cm³/mol. The van der Waals surface area contributed by atoms with Gasteiger partial charge in [-0.05, 0) is 0 Å². The van der Waals surface area contributed by atoms with Crippen LogP contribution in [0, 0.1) is 0 Å². The molecule has 3 heteroatoms. The van der Waals surface area contributed by atoms with Gasteiger partial charge in [-0.25, -0.2) is 0 Å². The highest BCUT2D eigenvalue weighted by atomic mass is 35.5. The predicted octanol–water partition coefficient (Wildman–Crippen LogP) is 4.03. The second-order valence-electron chi connectivity index (χ2n) is 3.30. The van der Waals surface area contributed by atoms with Crippen LogP contribution in [0.2, 0.25) is 10.6 Å². The Morgan fingerprint density at radius 1 is 1.08 bits per heavy atom. The minimum absolute atomic E-state index is 0.0657. The fraction of sp³-hybridized carbons (Fsp3) is 1.00. The van der Waals surface area contributed by atoms with Crippen LogP contribution in [0.25, 0.3) is 0 Å². The molecular weight excluding hydrogens is 206 g/mol. The van der Waals surface area contributed by atoms with Crippen LogP contribution in [-0.2, 0) is 0 Å². The van der Waals surface area contributed by atoms with E-state index in [2.05, 4.69) is 6.92 Å². The van der Waals surface area contributed by atoms with Gasteiger partial charge in [-0.1, -0.05) is 49.6 Å². The molecule has 0 heterocycles. The van der Waals surface area contributed by atoms with Crippen LogP contribution in [-0.4, -0.2) is 20.1 Å². The lowest BCUT2D eigenvalue weighted by Gasteiger charge is -1.99. The largest absolute Gasteiger partial charge is 0.241 e. The van der Waals surface area contributed by atoms with Crippen LogP contribution in [0.15, 0.2) is 0 Å². The summed E-state index contributed by atoms with van der Waals surface area (Å²) in [7, 11) is 0. The molecule has 12 heavy (non-hydrogen) atoms. The van der Waals surface area contributed by atoms with Crippen molar-refractivity contribution >= 4 is 38.4 Å². The Morgan fingerprint density at radius 3 is 2.33 bits per heavy atom. The van der Waals surface area contributed by atoms with E-state index in [9.17, 15) is 0 Å². The highest BCUT2D eigenvalue weighted by Gasteiger charge is 2.00. The molecule has 0 bridgehead atoms. The van der Waals surface area contributed by atoms with Gasteiger partial charge in [-0.15, -0.1) is 23.2 Å². The van der Waals surface area contributed by atoms with E-state index in [1.807, 2.05) is 0 Å². The number of halogens is 2. The zero-order valence-electron chi connectivity index (χ0n) is 7.99. The Labute approximate surface area is 92.7 Å². The second-order valence-corrected chi connectivity index (χ2v) is 6.57. The van der Waals surface area contributed by atoms with E-state index in [1.54, 1.807) is 0 Å². The first-order valence-electron chi connectivity index (χ1n) is 5.05. The van der Waals surface area contributed by atoms with Crippen LogP contribution < -0.4 is 0 Å². The lowest BCUT2D eigenvalue weighted by Crippen LogP contribution is -1.95. The number of rotatable bonds is 8. The second kappa shape index (κ2) is 10.2. The highest BCUT2D eigenvalue weighted by molar-refractivity contribution is 6.49. The summed E-state index contributed by atoms with van der Waals surface area (Å²) in [5.74, 6) is 0. The Hall–Kier alpha value is 1.11. The van der Waals surface area contributed by atoms with Crippen molar-refractivity contribution in [2.24, 2.45) is 0 Å². The lowest BCUT2D eigenvalue weighted by atomic mass is 10.2.